The Morgan fingerprint density at radius 1 is 0.842 bits per heavy atom. The molecule has 0 radical (unpaired) electrons. The molecular weight excluding hydrogens is 498 g/mol. The molecule has 0 saturated carbocycles. The lowest BCUT2D eigenvalue weighted by Crippen LogP contribution is -2.12. The highest BCUT2D eigenvalue weighted by Crippen LogP contribution is 2.34. The SMILES string of the molecule is COc1ccc(-c2nc(SCCCCC(=O)Nc3nc4ccccc4[nH]3)[nH]c2-c2ccc(OC)cc2)cc1. The second kappa shape index (κ2) is 11.9. The molecule has 8 nitrogen and oxygen atoms in total. The Hall–Kier alpha value is -4.24. The first-order chi connectivity index (χ1) is 18.6. The highest BCUT2D eigenvalue weighted by atomic mass is 32.2. The average Bonchev–Trinajstić information content (AvgIpc) is 3.57. The summed E-state index contributed by atoms with van der Waals surface area (Å²) < 4.78 is 10.6. The molecule has 2 heterocycles. The van der Waals surface area contributed by atoms with Crippen LogP contribution in [0.15, 0.2) is 78.0 Å². The number of thioether (sulfide) groups is 1. The summed E-state index contributed by atoms with van der Waals surface area (Å²) in [6.45, 7) is 0. The summed E-state index contributed by atoms with van der Waals surface area (Å²) >= 11 is 1.65. The number of H-pyrrole nitrogens is 2. The van der Waals surface area contributed by atoms with Crippen LogP contribution in [0.2, 0.25) is 0 Å². The number of ether oxygens (including phenoxy) is 2. The first-order valence-corrected chi connectivity index (χ1v) is 13.4. The van der Waals surface area contributed by atoms with Gasteiger partial charge in [0.25, 0.3) is 0 Å². The van der Waals surface area contributed by atoms with E-state index >= 15 is 0 Å². The van der Waals surface area contributed by atoms with Crippen LogP contribution < -0.4 is 14.8 Å². The molecule has 2 aromatic heterocycles. The Balaban J connectivity index is 1.19. The minimum absolute atomic E-state index is 0.0457. The van der Waals surface area contributed by atoms with E-state index in [0.29, 0.717) is 12.4 Å². The van der Waals surface area contributed by atoms with Crippen LogP contribution in [0.25, 0.3) is 33.5 Å². The molecule has 3 aromatic carbocycles. The first-order valence-electron chi connectivity index (χ1n) is 12.4. The van der Waals surface area contributed by atoms with E-state index in [-0.39, 0.29) is 5.91 Å². The van der Waals surface area contributed by atoms with Crippen LogP contribution in [0.4, 0.5) is 5.95 Å². The number of methoxy groups -OCH3 is 2. The summed E-state index contributed by atoms with van der Waals surface area (Å²) in [5, 5.41) is 3.70. The molecule has 194 valence electrons. The van der Waals surface area contributed by atoms with Crippen LogP contribution >= 0.6 is 11.8 Å². The van der Waals surface area contributed by atoms with Crippen molar-refractivity contribution in [3.63, 3.8) is 0 Å². The molecule has 9 heteroatoms. The fourth-order valence-corrected chi connectivity index (χ4v) is 4.98. The predicted molar refractivity (Wildman–Crippen MR) is 152 cm³/mol. The Kier molecular flexibility index (Phi) is 7.94. The van der Waals surface area contributed by atoms with E-state index in [2.05, 4.69) is 20.3 Å². The van der Waals surface area contributed by atoms with Crippen LogP contribution in [0, 0.1) is 0 Å². The average molecular weight is 528 g/mol. The monoisotopic (exact) mass is 527 g/mol. The highest BCUT2D eigenvalue weighted by molar-refractivity contribution is 7.99. The zero-order chi connectivity index (χ0) is 26.3. The van der Waals surface area contributed by atoms with Crippen LogP contribution in [0.3, 0.4) is 0 Å². The number of benzene rings is 3. The summed E-state index contributed by atoms with van der Waals surface area (Å²) in [5.41, 5.74) is 5.60. The summed E-state index contributed by atoms with van der Waals surface area (Å²) in [7, 11) is 3.31. The van der Waals surface area contributed by atoms with Gasteiger partial charge in [0, 0.05) is 23.3 Å². The summed E-state index contributed by atoms with van der Waals surface area (Å²) in [5.74, 6) is 2.89. The molecule has 0 aliphatic heterocycles. The van der Waals surface area contributed by atoms with Crippen molar-refractivity contribution in [3.05, 3.63) is 72.8 Å². The third-order valence-corrected chi connectivity index (χ3v) is 7.07. The van der Waals surface area contributed by atoms with E-state index in [1.54, 1.807) is 26.0 Å². The van der Waals surface area contributed by atoms with Gasteiger partial charge in [0.1, 0.15) is 11.5 Å². The molecule has 5 aromatic rings. The largest absolute Gasteiger partial charge is 0.497 e. The maximum atomic E-state index is 12.4. The van der Waals surface area contributed by atoms with Gasteiger partial charge >= 0.3 is 0 Å². The number of anilines is 1. The maximum Gasteiger partial charge on any atom is 0.226 e. The number of hydrogen-bond donors (Lipinski definition) is 3. The van der Waals surface area contributed by atoms with Crippen LogP contribution in [0.1, 0.15) is 19.3 Å². The summed E-state index contributed by atoms with van der Waals surface area (Å²) in [6.07, 6.45) is 2.09. The molecule has 0 fully saturated rings. The summed E-state index contributed by atoms with van der Waals surface area (Å²) in [4.78, 5) is 28.3. The molecule has 0 aliphatic rings. The van der Waals surface area contributed by atoms with Crippen LogP contribution in [-0.2, 0) is 4.79 Å². The van der Waals surface area contributed by atoms with Gasteiger partial charge < -0.3 is 19.4 Å². The van der Waals surface area contributed by atoms with Gasteiger partial charge in [-0.2, -0.15) is 0 Å². The normalized spacial score (nSPS) is 11.0. The summed E-state index contributed by atoms with van der Waals surface area (Å²) in [6, 6.07) is 23.5. The molecule has 0 atom stereocenters. The smallest absolute Gasteiger partial charge is 0.226 e. The number of unbranched alkanes of at least 4 members (excludes halogenated alkanes) is 1. The zero-order valence-electron chi connectivity index (χ0n) is 21.3. The predicted octanol–water partition coefficient (Wildman–Crippen LogP) is 6.54. The molecule has 1 amide bonds. The van der Waals surface area contributed by atoms with Crippen molar-refractivity contribution in [2.75, 3.05) is 25.3 Å². The number of aromatic amines is 2. The number of amides is 1. The topological polar surface area (TPSA) is 105 Å². The highest BCUT2D eigenvalue weighted by Gasteiger charge is 2.15. The van der Waals surface area contributed by atoms with Crippen molar-refractivity contribution < 1.29 is 14.3 Å². The molecular formula is C29H29N5O3S. The number of aromatic nitrogens is 4. The lowest BCUT2D eigenvalue weighted by atomic mass is 10.0. The van der Waals surface area contributed by atoms with Crippen LogP contribution in [-0.4, -0.2) is 45.8 Å². The molecule has 0 spiro atoms. The zero-order valence-corrected chi connectivity index (χ0v) is 22.1. The van der Waals surface area contributed by atoms with E-state index in [1.165, 1.54) is 0 Å². The third-order valence-electron chi connectivity index (χ3n) is 6.11. The maximum absolute atomic E-state index is 12.4. The van der Waals surface area contributed by atoms with Gasteiger partial charge in [-0.05, 0) is 73.5 Å². The minimum Gasteiger partial charge on any atom is -0.497 e. The van der Waals surface area contributed by atoms with Gasteiger partial charge in [-0.15, -0.1) is 0 Å². The second-order valence-corrected chi connectivity index (χ2v) is 9.76. The lowest BCUT2D eigenvalue weighted by molar-refractivity contribution is -0.116. The number of carbonyl (C=O) groups is 1. The second-order valence-electron chi connectivity index (χ2n) is 8.68. The van der Waals surface area contributed by atoms with Gasteiger partial charge in [0.15, 0.2) is 5.16 Å². The Labute approximate surface area is 225 Å². The molecule has 5 rings (SSSR count). The lowest BCUT2D eigenvalue weighted by Gasteiger charge is -2.06. The number of imidazole rings is 2. The standard InChI is InChI=1S/C29H29N5O3S/c1-36-21-14-10-19(11-15-21)26-27(20-12-16-22(37-2)17-13-20)34-29(33-26)38-18-6-5-9-25(35)32-28-30-23-7-3-4-8-24(23)31-28/h3-4,7-8,10-17H,5-6,9,18H2,1-2H3,(H,33,34)(H2,30,31,32,35). The number of fused-ring (bicyclic) bond motifs is 1. The van der Waals surface area contributed by atoms with Gasteiger partial charge in [-0.3, -0.25) is 10.1 Å². The third kappa shape index (κ3) is 6.00. The molecule has 3 N–H and O–H groups in total. The quantitative estimate of drug-likeness (QED) is 0.133. The molecule has 0 bridgehead atoms. The molecule has 38 heavy (non-hydrogen) atoms. The van der Waals surface area contributed by atoms with Gasteiger partial charge in [0.2, 0.25) is 11.9 Å². The fourth-order valence-electron chi connectivity index (χ4n) is 4.11. The van der Waals surface area contributed by atoms with Crippen molar-refractivity contribution in [1.29, 1.82) is 0 Å². The number of hydrogen-bond acceptors (Lipinski definition) is 6. The van der Waals surface area contributed by atoms with E-state index < -0.39 is 0 Å². The molecule has 0 saturated heterocycles. The van der Waals surface area contributed by atoms with Gasteiger partial charge in [0.05, 0.1) is 36.6 Å². The van der Waals surface area contributed by atoms with Crippen molar-refractivity contribution >= 4 is 34.7 Å². The van der Waals surface area contributed by atoms with E-state index in [0.717, 1.165) is 68.8 Å². The van der Waals surface area contributed by atoms with Gasteiger partial charge in [-0.1, -0.05) is 23.9 Å². The van der Waals surface area contributed by atoms with E-state index in [1.807, 2.05) is 72.8 Å². The number of para-hydroxylation sites is 2. The minimum atomic E-state index is -0.0457. The number of rotatable bonds is 11. The fraction of sp³-hybridized carbons (Fsp3) is 0.207. The molecule has 0 unspecified atom stereocenters. The Morgan fingerprint density at radius 2 is 1.53 bits per heavy atom. The Morgan fingerprint density at radius 3 is 2.21 bits per heavy atom. The van der Waals surface area contributed by atoms with Crippen molar-refractivity contribution in [2.45, 2.75) is 24.4 Å². The van der Waals surface area contributed by atoms with Crippen LogP contribution in [0.5, 0.6) is 11.5 Å². The van der Waals surface area contributed by atoms with Crippen molar-refractivity contribution in [3.8, 4) is 34.0 Å². The number of nitrogens with zero attached hydrogens (tertiary/aromatic N) is 2. The first kappa shape index (κ1) is 25.4. The van der Waals surface area contributed by atoms with E-state index in [9.17, 15) is 4.79 Å². The van der Waals surface area contributed by atoms with Crippen molar-refractivity contribution in [1.82, 2.24) is 19.9 Å². The number of nitrogens with one attached hydrogen (secondary N) is 3. The molecule has 0 aliphatic carbocycles. The van der Waals surface area contributed by atoms with Crippen molar-refractivity contribution in [2.24, 2.45) is 0 Å². The Bertz CT molecular complexity index is 1410. The number of carbonyl (C=O) groups excluding carboxylic acids is 1. The van der Waals surface area contributed by atoms with Gasteiger partial charge in [-0.25, -0.2) is 9.97 Å². The van der Waals surface area contributed by atoms with E-state index in [4.69, 9.17) is 14.5 Å².